The van der Waals surface area contributed by atoms with Crippen LogP contribution in [0.4, 0.5) is 0 Å². The van der Waals surface area contributed by atoms with Crippen molar-refractivity contribution in [1.29, 1.82) is 0 Å². The van der Waals surface area contributed by atoms with Crippen molar-refractivity contribution in [1.82, 2.24) is 15.1 Å². The predicted molar refractivity (Wildman–Crippen MR) is 95.1 cm³/mol. The Morgan fingerprint density at radius 1 is 1.26 bits per heavy atom. The summed E-state index contributed by atoms with van der Waals surface area (Å²) >= 11 is 0. The van der Waals surface area contributed by atoms with E-state index >= 15 is 0 Å². The third kappa shape index (κ3) is 4.25. The minimum atomic E-state index is 0.472. The minimum Gasteiger partial charge on any atom is -0.497 e. The van der Waals surface area contributed by atoms with Crippen LogP contribution in [0.15, 0.2) is 24.3 Å². The smallest absolute Gasteiger partial charge is 0.119 e. The molecule has 0 aliphatic carbocycles. The van der Waals surface area contributed by atoms with Gasteiger partial charge in [0.15, 0.2) is 0 Å². The van der Waals surface area contributed by atoms with E-state index in [4.69, 9.17) is 4.74 Å². The highest BCUT2D eigenvalue weighted by atomic mass is 16.5. The first-order valence-corrected chi connectivity index (χ1v) is 9.14. The van der Waals surface area contributed by atoms with Crippen LogP contribution in [0, 0.1) is 0 Å². The number of nitrogens with zero attached hydrogens (tertiary/aromatic N) is 2. The third-order valence-electron chi connectivity index (χ3n) is 5.33. The fourth-order valence-electron chi connectivity index (χ4n) is 3.90. The van der Waals surface area contributed by atoms with Gasteiger partial charge in [-0.1, -0.05) is 19.1 Å². The van der Waals surface area contributed by atoms with Crippen LogP contribution in [-0.4, -0.2) is 62.2 Å². The maximum absolute atomic E-state index is 5.46. The van der Waals surface area contributed by atoms with Gasteiger partial charge in [-0.25, -0.2) is 0 Å². The topological polar surface area (TPSA) is 27.7 Å². The van der Waals surface area contributed by atoms with Gasteiger partial charge in [0.25, 0.3) is 0 Å². The van der Waals surface area contributed by atoms with Gasteiger partial charge in [0.05, 0.1) is 7.11 Å². The summed E-state index contributed by atoms with van der Waals surface area (Å²) in [5.74, 6) is 0.969. The van der Waals surface area contributed by atoms with Crippen molar-refractivity contribution in [2.24, 2.45) is 0 Å². The van der Waals surface area contributed by atoms with Gasteiger partial charge in [-0.05, 0) is 50.0 Å². The first-order valence-electron chi connectivity index (χ1n) is 9.14. The average molecular weight is 317 g/mol. The molecule has 0 aromatic heterocycles. The molecule has 2 atom stereocenters. The fraction of sp³-hybridized carbons (Fsp3) is 0.684. The van der Waals surface area contributed by atoms with Crippen LogP contribution in [0.1, 0.15) is 37.8 Å². The summed E-state index contributed by atoms with van der Waals surface area (Å²) < 4.78 is 5.46. The lowest BCUT2D eigenvalue weighted by molar-refractivity contribution is 0.112. The standard InChI is InChI=1S/C19H31N3O/c1-3-17-14-22(12-9-20-17)19(15-21-10-4-5-11-21)16-7-6-8-18(13-16)23-2/h6-8,13,17,19-20H,3-5,9-12,14-15H2,1-2H3. The Hall–Kier alpha value is -1.10. The molecule has 1 aromatic carbocycles. The molecule has 0 spiro atoms. The second kappa shape index (κ2) is 8.13. The predicted octanol–water partition coefficient (Wildman–Crippen LogP) is 2.52. The van der Waals surface area contributed by atoms with E-state index in [1.165, 1.54) is 37.9 Å². The van der Waals surface area contributed by atoms with Crippen molar-refractivity contribution < 1.29 is 4.74 Å². The lowest BCUT2D eigenvalue weighted by Gasteiger charge is -2.40. The van der Waals surface area contributed by atoms with Gasteiger partial charge < -0.3 is 15.0 Å². The monoisotopic (exact) mass is 317 g/mol. The van der Waals surface area contributed by atoms with Crippen molar-refractivity contribution in [2.75, 3.05) is 46.4 Å². The quantitative estimate of drug-likeness (QED) is 0.872. The number of likely N-dealkylation sites (tertiary alicyclic amines) is 1. The second-order valence-corrected chi connectivity index (χ2v) is 6.85. The SMILES string of the molecule is CCC1CN(C(CN2CCCC2)c2cccc(OC)c2)CCN1. The Labute approximate surface area is 140 Å². The number of hydrogen-bond donors (Lipinski definition) is 1. The first kappa shape index (κ1) is 16.7. The number of nitrogens with one attached hydrogen (secondary N) is 1. The minimum absolute atomic E-state index is 0.472. The molecule has 1 aromatic rings. The van der Waals surface area contributed by atoms with E-state index in [9.17, 15) is 0 Å². The number of piperazine rings is 1. The Morgan fingerprint density at radius 3 is 2.83 bits per heavy atom. The largest absolute Gasteiger partial charge is 0.497 e. The molecule has 4 nitrogen and oxygen atoms in total. The van der Waals surface area contributed by atoms with E-state index in [2.05, 4.69) is 40.2 Å². The van der Waals surface area contributed by atoms with E-state index in [0.29, 0.717) is 12.1 Å². The van der Waals surface area contributed by atoms with Crippen LogP contribution < -0.4 is 10.1 Å². The summed E-state index contributed by atoms with van der Waals surface area (Å²) in [4.78, 5) is 5.31. The molecule has 2 saturated heterocycles. The highest BCUT2D eigenvalue weighted by Crippen LogP contribution is 2.27. The van der Waals surface area contributed by atoms with Gasteiger partial charge in [-0.15, -0.1) is 0 Å². The van der Waals surface area contributed by atoms with Crippen molar-refractivity contribution >= 4 is 0 Å². The summed E-state index contributed by atoms with van der Waals surface area (Å²) in [6.07, 6.45) is 3.90. The maximum Gasteiger partial charge on any atom is 0.119 e. The lowest BCUT2D eigenvalue weighted by Crippen LogP contribution is -2.52. The fourth-order valence-corrected chi connectivity index (χ4v) is 3.90. The van der Waals surface area contributed by atoms with Crippen molar-refractivity contribution in [3.8, 4) is 5.75 Å². The molecule has 2 fully saturated rings. The molecule has 1 N–H and O–H groups in total. The van der Waals surface area contributed by atoms with Crippen molar-refractivity contribution in [3.63, 3.8) is 0 Å². The molecule has 2 aliphatic rings. The molecule has 23 heavy (non-hydrogen) atoms. The zero-order chi connectivity index (χ0) is 16.1. The van der Waals surface area contributed by atoms with Crippen LogP contribution in [0.5, 0.6) is 5.75 Å². The normalized spacial score (nSPS) is 24.7. The highest BCUT2D eigenvalue weighted by molar-refractivity contribution is 5.31. The molecule has 2 unspecified atom stereocenters. The van der Waals surface area contributed by atoms with Crippen LogP contribution in [-0.2, 0) is 0 Å². The van der Waals surface area contributed by atoms with E-state index in [0.717, 1.165) is 31.9 Å². The van der Waals surface area contributed by atoms with Gasteiger partial charge in [0, 0.05) is 38.3 Å². The number of hydrogen-bond acceptors (Lipinski definition) is 4. The zero-order valence-corrected chi connectivity index (χ0v) is 14.6. The van der Waals surface area contributed by atoms with Crippen LogP contribution in [0.25, 0.3) is 0 Å². The van der Waals surface area contributed by atoms with E-state index < -0.39 is 0 Å². The van der Waals surface area contributed by atoms with Crippen LogP contribution >= 0.6 is 0 Å². The van der Waals surface area contributed by atoms with Gasteiger partial charge in [0.2, 0.25) is 0 Å². The van der Waals surface area contributed by atoms with Gasteiger partial charge in [-0.2, -0.15) is 0 Å². The molecule has 0 saturated carbocycles. The lowest BCUT2D eigenvalue weighted by atomic mass is 10.0. The second-order valence-electron chi connectivity index (χ2n) is 6.85. The average Bonchev–Trinajstić information content (AvgIpc) is 3.13. The van der Waals surface area contributed by atoms with Gasteiger partial charge in [-0.3, -0.25) is 4.90 Å². The molecule has 0 bridgehead atoms. The summed E-state index contributed by atoms with van der Waals surface area (Å²) in [7, 11) is 1.76. The molecule has 2 aliphatic heterocycles. The summed E-state index contributed by atoms with van der Waals surface area (Å²) in [6, 6.07) is 9.76. The molecule has 128 valence electrons. The van der Waals surface area contributed by atoms with Crippen LogP contribution in [0.2, 0.25) is 0 Å². The first-order chi connectivity index (χ1) is 11.3. The maximum atomic E-state index is 5.46. The summed E-state index contributed by atoms with van der Waals surface area (Å²) in [6.45, 7) is 9.30. The number of ether oxygens (including phenoxy) is 1. The molecular formula is C19H31N3O. The van der Waals surface area contributed by atoms with Crippen LogP contribution in [0.3, 0.4) is 0 Å². The number of rotatable bonds is 6. The third-order valence-corrected chi connectivity index (χ3v) is 5.33. The molecule has 4 heteroatoms. The molecular weight excluding hydrogens is 286 g/mol. The Kier molecular flexibility index (Phi) is 5.92. The van der Waals surface area contributed by atoms with Gasteiger partial charge >= 0.3 is 0 Å². The summed E-state index contributed by atoms with van der Waals surface area (Å²) in [5.41, 5.74) is 1.40. The van der Waals surface area contributed by atoms with Gasteiger partial charge in [0.1, 0.15) is 5.75 Å². The van der Waals surface area contributed by atoms with E-state index in [-0.39, 0.29) is 0 Å². The van der Waals surface area contributed by atoms with E-state index in [1.54, 1.807) is 7.11 Å². The van der Waals surface area contributed by atoms with E-state index in [1.807, 2.05) is 6.07 Å². The number of benzene rings is 1. The summed E-state index contributed by atoms with van der Waals surface area (Å²) in [5, 5.41) is 3.64. The Morgan fingerprint density at radius 2 is 2.09 bits per heavy atom. The number of methoxy groups -OCH3 is 1. The molecule has 3 rings (SSSR count). The van der Waals surface area contributed by atoms with Crippen molar-refractivity contribution in [3.05, 3.63) is 29.8 Å². The Balaban J connectivity index is 1.79. The molecule has 0 radical (unpaired) electrons. The highest BCUT2D eigenvalue weighted by Gasteiger charge is 2.28. The molecule has 0 amide bonds. The Bertz CT molecular complexity index is 487. The van der Waals surface area contributed by atoms with Crippen molar-refractivity contribution in [2.45, 2.75) is 38.3 Å². The molecule has 2 heterocycles. The zero-order valence-electron chi connectivity index (χ0n) is 14.6.